The molecule has 1 aliphatic heterocycles. The number of hydrogen-bond acceptors (Lipinski definition) is 4. The molecule has 0 atom stereocenters. The fraction of sp³-hybridized carbons (Fsp3) is 0.136. The molecule has 136 valence electrons. The summed E-state index contributed by atoms with van der Waals surface area (Å²) >= 11 is 7.71. The van der Waals surface area contributed by atoms with Gasteiger partial charge < -0.3 is 9.47 Å². The summed E-state index contributed by atoms with van der Waals surface area (Å²) in [5, 5.41) is 0.736. The molecule has 3 aromatic rings. The van der Waals surface area contributed by atoms with Crippen LogP contribution in [0.5, 0.6) is 11.5 Å². The normalized spacial score (nSPS) is 12.7. The molecule has 0 fully saturated rings. The van der Waals surface area contributed by atoms with Crippen LogP contribution in [0.3, 0.4) is 0 Å². The van der Waals surface area contributed by atoms with Gasteiger partial charge in [-0.1, -0.05) is 23.7 Å². The fourth-order valence-corrected chi connectivity index (χ4v) is 4.11. The highest BCUT2D eigenvalue weighted by Crippen LogP contribution is 2.34. The van der Waals surface area contributed by atoms with Gasteiger partial charge in [-0.2, -0.15) is 0 Å². The lowest BCUT2D eigenvalue weighted by Crippen LogP contribution is -2.08. The van der Waals surface area contributed by atoms with Crippen LogP contribution in [0.15, 0.2) is 54.1 Å². The monoisotopic (exact) mass is 396 g/mol. The third-order valence-electron chi connectivity index (χ3n) is 4.38. The van der Waals surface area contributed by atoms with Gasteiger partial charge in [-0.15, -0.1) is 11.3 Å². The van der Waals surface area contributed by atoms with Gasteiger partial charge in [0, 0.05) is 32.0 Å². The Labute approximate surface area is 166 Å². The maximum Gasteiger partial charge on any atom is 0.149 e. The third kappa shape index (κ3) is 3.92. The molecule has 0 radical (unpaired) electrons. The van der Waals surface area contributed by atoms with E-state index in [-0.39, 0.29) is 0 Å². The molecule has 0 aliphatic carbocycles. The van der Waals surface area contributed by atoms with E-state index in [9.17, 15) is 4.79 Å². The predicted octanol–water partition coefficient (Wildman–Crippen LogP) is 5.93. The van der Waals surface area contributed by atoms with E-state index in [0.717, 1.165) is 38.8 Å². The van der Waals surface area contributed by atoms with E-state index in [0.29, 0.717) is 18.8 Å². The summed E-state index contributed by atoms with van der Waals surface area (Å²) in [5.74, 6) is 1.48. The van der Waals surface area contributed by atoms with Crippen molar-refractivity contribution in [2.45, 2.75) is 13.5 Å². The lowest BCUT2D eigenvalue weighted by atomic mass is 10.1. The van der Waals surface area contributed by atoms with Crippen LogP contribution in [0.2, 0.25) is 5.02 Å². The molecule has 0 saturated carbocycles. The Bertz CT molecular complexity index is 1020. The Morgan fingerprint density at radius 3 is 2.78 bits per heavy atom. The van der Waals surface area contributed by atoms with Crippen molar-refractivity contribution in [1.82, 2.24) is 0 Å². The van der Waals surface area contributed by atoms with E-state index in [4.69, 9.17) is 21.1 Å². The molecule has 27 heavy (non-hydrogen) atoms. The molecule has 3 nitrogen and oxygen atoms in total. The molecule has 0 saturated heterocycles. The number of carbonyl (C=O) groups excluding carboxylic acids is 1. The number of aldehydes is 1. The van der Waals surface area contributed by atoms with Crippen LogP contribution in [0.25, 0.3) is 17.2 Å². The number of rotatable bonds is 5. The molecule has 0 spiro atoms. The van der Waals surface area contributed by atoms with Gasteiger partial charge in [-0.3, -0.25) is 4.79 Å². The summed E-state index contributed by atoms with van der Waals surface area (Å²) in [6.07, 6.45) is 2.67. The van der Waals surface area contributed by atoms with Gasteiger partial charge in [-0.05, 0) is 54.5 Å². The van der Waals surface area contributed by atoms with E-state index >= 15 is 0 Å². The van der Waals surface area contributed by atoms with Crippen molar-refractivity contribution in [2.75, 3.05) is 6.61 Å². The van der Waals surface area contributed by atoms with E-state index < -0.39 is 0 Å². The van der Waals surface area contributed by atoms with E-state index in [1.807, 2.05) is 48.5 Å². The Kier molecular flexibility index (Phi) is 5.01. The Hall–Kier alpha value is -2.56. The van der Waals surface area contributed by atoms with Gasteiger partial charge in [0.05, 0.1) is 0 Å². The topological polar surface area (TPSA) is 35.5 Å². The van der Waals surface area contributed by atoms with Crippen LogP contribution in [0, 0.1) is 6.92 Å². The van der Waals surface area contributed by atoms with Crippen molar-refractivity contribution in [2.24, 2.45) is 0 Å². The Balaban J connectivity index is 1.48. The first-order chi connectivity index (χ1) is 13.1. The van der Waals surface area contributed by atoms with E-state index in [1.165, 1.54) is 10.4 Å². The summed E-state index contributed by atoms with van der Waals surface area (Å²) in [5.41, 5.74) is 3.89. The fourth-order valence-electron chi connectivity index (χ4n) is 3.00. The van der Waals surface area contributed by atoms with Crippen molar-refractivity contribution in [3.05, 3.63) is 74.4 Å². The molecule has 4 rings (SSSR count). The number of ether oxygens (including phenoxy) is 2. The highest BCUT2D eigenvalue weighted by molar-refractivity contribution is 7.12. The summed E-state index contributed by atoms with van der Waals surface area (Å²) in [4.78, 5) is 13.3. The van der Waals surface area contributed by atoms with Gasteiger partial charge in [0.2, 0.25) is 0 Å². The Morgan fingerprint density at radius 2 is 2.00 bits per heavy atom. The van der Waals surface area contributed by atoms with Crippen LogP contribution in [-0.4, -0.2) is 12.9 Å². The number of hydrogen-bond donors (Lipinski definition) is 0. The smallest absolute Gasteiger partial charge is 0.149 e. The molecular weight excluding hydrogens is 380 g/mol. The number of fused-ring (bicyclic) bond motifs is 1. The van der Waals surface area contributed by atoms with Crippen molar-refractivity contribution >= 4 is 35.3 Å². The van der Waals surface area contributed by atoms with Gasteiger partial charge in [0.1, 0.15) is 31.0 Å². The summed E-state index contributed by atoms with van der Waals surface area (Å²) in [7, 11) is 0. The molecule has 0 amide bonds. The predicted molar refractivity (Wildman–Crippen MR) is 110 cm³/mol. The molecule has 1 aromatic heterocycles. The molecule has 2 aromatic carbocycles. The first kappa shape index (κ1) is 17.8. The minimum atomic E-state index is 0.300. The second kappa shape index (κ2) is 7.59. The minimum Gasteiger partial charge on any atom is -0.488 e. The van der Waals surface area contributed by atoms with Gasteiger partial charge in [0.25, 0.3) is 0 Å². The van der Waals surface area contributed by atoms with Crippen molar-refractivity contribution in [3.63, 3.8) is 0 Å². The molecule has 0 bridgehead atoms. The van der Waals surface area contributed by atoms with E-state index in [1.54, 1.807) is 11.3 Å². The molecule has 5 heteroatoms. The number of thiophene rings is 1. The minimum absolute atomic E-state index is 0.300. The zero-order chi connectivity index (χ0) is 18.8. The second-order valence-electron chi connectivity index (χ2n) is 6.30. The molecule has 0 unspecified atom stereocenters. The van der Waals surface area contributed by atoms with Crippen molar-refractivity contribution in [1.29, 1.82) is 0 Å². The number of halogens is 1. The van der Waals surface area contributed by atoms with Gasteiger partial charge >= 0.3 is 0 Å². The first-order valence-corrected chi connectivity index (χ1v) is 9.72. The van der Waals surface area contributed by atoms with Crippen LogP contribution in [0.4, 0.5) is 0 Å². The summed E-state index contributed by atoms with van der Waals surface area (Å²) < 4.78 is 11.6. The zero-order valence-electron chi connectivity index (χ0n) is 14.7. The average molecular weight is 397 g/mol. The lowest BCUT2D eigenvalue weighted by Gasteiger charge is -2.16. The van der Waals surface area contributed by atoms with E-state index in [2.05, 4.69) is 13.0 Å². The van der Waals surface area contributed by atoms with Gasteiger partial charge in [-0.25, -0.2) is 0 Å². The number of benzene rings is 2. The molecule has 1 aliphatic rings. The number of aryl methyl sites for hydroxylation is 1. The quantitative estimate of drug-likeness (QED) is 0.501. The average Bonchev–Trinajstić information content (AvgIpc) is 3.07. The van der Waals surface area contributed by atoms with Crippen LogP contribution >= 0.6 is 22.9 Å². The molecule has 2 heterocycles. The first-order valence-electron chi connectivity index (χ1n) is 8.53. The third-order valence-corrected chi connectivity index (χ3v) is 5.65. The highest BCUT2D eigenvalue weighted by Gasteiger charge is 2.13. The second-order valence-corrected chi connectivity index (χ2v) is 8.08. The lowest BCUT2D eigenvalue weighted by molar-refractivity contribution is -0.105. The van der Waals surface area contributed by atoms with Crippen LogP contribution in [0.1, 0.15) is 15.3 Å². The largest absolute Gasteiger partial charge is 0.488 e. The maximum atomic E-state index is 10.9. The highest BCUT2D eigenvalue weighted by atomic mass is 35.5. The summed E-state index contributed by atoms with van der Waals surface area (Å²) in [6, 6.07) is 15.7. The van der Waals surface area contributed by atoms with Gasteiger partial charge in [0.15, 0.2) is 0 Å². The SMILES string of the molecule is Cc1sc(COc2ccc3c(c2)OCC(C=O)=C3)cc1-c1ccc(Cl)cc1. The van der Waals surface area contributed by atoms with Crippen molar-refractivity contribution < 1.29 is 14.3 Å². The zero-order valence-corrected chi connectivity index (χ0v) is 16.3. The Morgan fingerprint density at radius 1 is 1.19 bits per heavy atom. The van der Waals surface area contributed by atoms with Crippen molar-refractivity contribution in [3.8, 4) is 22.6 Å². The standard InChI is InChI=1S/C22H17ClO3S/c1-14-21(16-2-5-18(23)6-3-16)10-20(27-14)13-25-19-7-4-17-8-15(11-24)12-26-22(17)9-19/h2-11H,12-13H2,1H3. The van der Waals surface area contributed by atoms with Crippen LogP contribution < -0.4 is 9.47 Å². The molecule has 0 N–H and O–H groups in total. The summed E-state index contributed by atoms with van der Waals surface area (Å²) in [6.45, 7) is 2.91. The van der Waals surface area contributed by atoms with Crippen LogP contribution in [-0.2, 0) is 11.4 Å². The maximum absolute atomic E-state index is 10.9. The number of carbonyl (C=O) groups is 1. The molecular formula is C22H17ClO3S.